The van der Waals surface area contributed by atoms with Crippen molar-refractivity contribution in [2.24, 2.45) is 0 Å². The Morgan fingerprint density at radius 2 is 1.80 bits per heavy atom. The van der Waals surface area contributed by atoms with Crippen molar-refractivity contribution in [3.05, 3.63) is 57.8 Å². The van der Waals surface area contributed by atoms with E-state index in [1.54, 1.807) is 0 Å². The summed E-state index contributed by atoms with van der Waals surface area (Å²) in [6.45, 7) is 2.00. The molecule has 0 bridgehead atoms. The number of halogens is 2. The fourth-order valence-corrected chi connectivity index (χ4v) is 3.90. The molecule has 1 aliphatic carbocycles. The van der Waals surface area contributed by atoms with E-state index in [2.05, 4.69) is 20.8 Å². The van der Waals surface area contributed by atoms with Gasteiger partial charge in [-0.3, -0.25) is 4.79 Å². The number of unbranched alkanes of at least 4 members (excludes halogenated alkanes) is 2. The molecular formula is C23H28Cl2N4O. The summed E-state index contributed by atoms with van der Waals surface area (Å²) in [6.07, 6.45) is 7.57. The van der Waals surface area contributed by atoms with Crippen molar-refractivity contribution >= 4 is 40.5 Å². The zero-order valence-electron chi connectivity index (χ0n) is 16.9. The van der Waals surface area contributed by atoms with Crippen molar-refractivity contribution in [1.29, 1.82) is 0 Å². The highest BCUT2D eigenvalue weighted by Gasteiger charge is 2.15. The van der Waals surface area contributed by atoms with Gasteiger partial charge in [0.2, 0.25) is 0 Å². The Morgan fingerprint density at radius 1 is 1.03 bits per heavy atom. The molecule has 0 unspecified atom stereocenters. The van der Waals surface area contributed by atoms with Gasteiger partial charge in [-0.05, 0) is 50.4 Å². The summed E-state index contributed by atoms with van der Waals surface area (Å²) in [7, 11) is 0. The number of nitrogens with one attached hydrogen (secondary N) is 3. The molecule has 160 valence electrons. The summed E-state index contributed by atoms with van der Waals surface area (Å²) >= 11 is 6.40. The molecule has 4 rings (SSSR count). The number of hydrogen-bond acceptors (Lipinski definition) is 4. The van der Waals surface area contributed by atoms with Crippen LogP contribution < -0.4 is 16.2 Å². The van der Waals surface area contributed by atoms with E-state index in [0.717, 1.165) is 47.9 Å². The molecule has 3 N–H and O–H groups in total. The Hall–Kier alpha value is -2.08. The van der Waals surface area contributed by atoms with E-state index in [1.165, 1.54) is 32.1 Å². The molecule has 1 aromatic heterocycles. The molecule has 7 heteroatoms. The number of aromatic nitrogens is 2. The Morgan fingerprint density at radius 3 is 2.57 bits per heavy atom. The minimum atomic E-state index is -0.177. The highest BCUT2D eigenvalue weighted by Crippen LogP contribution is 2.30. The van der Waals surface area contributed by atoms with E-state index in [1.807, 2.05) is 42.5 Å². The summed E-state index contributed by atoms with van der Waals surface area (Å²) in [5.41, 5.74) is 2.40. The standard InChI is InChI=1S/C23H27ClN4O.ClH/c24-20-12-11-16(22-18-9-2-3-10-19(18)23(29)28-27-22)15-21(20)26-14-5-1-4-13-25-17-7-6-8-17;/h2-3,9-12,15,17,25-26H,1,4-8,13-14H2,(H,28,29);1H. The number of aromatic amines is 1. The quantitative estimate of drug-likeness (QED) is 0.385. The average Bonchev–Trinajstić information content (AvgIpc) is 2.70. The van der Waals surface area contributed by atoms with Crippen molar-refractivity contribution in [2.75, 3.05) is 18.4 Å². The molecule has 1 fully saturated rings. The third kappa shape index (κ3) is 5.34. The van der Waals surface area contributed by atoms with Crippen LogP contribution in [0.25, 0.3) is 22.0 Å². The molecular weight excluding hydrogens is 419 g/mol. The predicted molar refractivity (Wildman–Crippen MR) is 128 cm³/mol. The predicted octanol–water partition coefficient (Wildman–Crippen LogP) is 5.39. The summed E-state index contributed by atoms with van der Waals surface area (Å²) in [4.78, 5) is 12.0. The first-order chi connectivity index (χ1) is 14.2. The highest BCUT2D eigenvalue weighted by atomic mass is 35.5. The van der Waals surface area contributed by atoms with Gasteiger partial charge in [0.15, 0.2) is 0 Å². The van der Waals surface area contributed by atoms with Gasteiger partial charge in [-0.1, -0.05) is 48.7 Å². The van der Waals surface area contributed by atoms with Crippen LogP contribution in [-0.2, 0) is 0 Å². The number of benzene rings is 2. The molecule has 3 aromatic rings. The van der Waals surface area contributed by atoms with Crippen LogP contribution >= 0.6 is 24.0 Å². The molecule has 5 nitrogen and oxygen atoms in total. The van der Waals surface area contributed by atoms with Crippen molar-refractivity contribution in [3.63, 3.8) is 0 Å². The van der Waals surface area contributed by atoms with Gasteiger partial charge >= 0.3 is 0 Å². The number of fused-ring (bicyclic) bond motifs is 1. The molecule has 0 aliphatic heterocycles. The van der Waals surface area contributed by atoms with Gasteiger partial charge in [0.1, 0.15) is 0 Å². The number of anilines is 1. The Labute approximate surface area is 188 Å². The molecule has 0 spiro atoms. The van der Waals surface area contributed by atoms with Crippen LogP contribution in [0.4, 0.5) is 5.69 Å². The Balaban J connectivity index is 0.00000256. The van der Waals surface area contributed by atoms with Crippen LogP contribution in [0, 0.1) is 0 Å². The molecule has 1 heterocycles. The molecule has 0 saturated heterocycles. The lowest BCUT2D eigenvalue weighted by atomic mass is 9.93. The second-order valence-electron chi connectivity index (χ2n) is 7.71. The second kappa shape index (κ2) is 10.8. The molecule has 1 saturated carbocycles. The van der Waals surface area contributed by atoms with Crippen LogP contribution in [0.2, 0.25) is 5.02 Å². The van der Waals surface area contributed by atoms with Gasteiger partial charge in [-0.25, -0.2) is 5.10 Å². The normalized spacial score (nSPS) is 13.6. The van der Waals surface area contributed by atoms with Crippen LogP contribution in [-0.4, -0.2) is 29.3 Å². The molecule has 0 radical (unpaired) electrons. The molecule has 30 heavy (non-hydrogen) atoms. The summed E-state index contributed by atoms with van der Waals surface area (Å²) in [5, 5.41) is 16.1. The van der Waals surface area contributed by atoms with E-state index < -0.39 is 0 Å². The third-order valence-electron chi connectivity index (χ3n) is 5.64. The lowest BCUT2D eigenvalue weighted by molar-refractivity contribution is 0.337. The molecule has 0 atom stereocenters. The lowest BCUT2D eigenvalue weighted by Crippen LogP contribution is -2.35. The SMILES string of the molecule is Cl.O=c1[nH]nc(-c2ccc(Cl)c(NCCCCCNC3CCC3)c2)c2ccccc12. The van der Waals surface area contributed by atoms with Crippen LogP contribution in [0.3, 0.4) is 0 Å². The fourth-order valence-electron chi connectivity index (χ4n) is 3.71. The number of H-pyrrole nitrogens is 1. The van der Waals surface area contributed by atoms with Crippen LogP contribution in [0.5, 0.6) is 0 Å². The average molecular weight is 447 g/mol. The fraction of sp³-hybridized carbons (Fsp3) is 0.391. The number of rotatable bonds is 9. The second-order valence-corrected chi connectivity index (χ2v) is 8.12. The van der Waals surface area contributed by atoms with Gasteiger partial charge in [0, 0.05) is 23.5 Å². The maximum Gasteiger partial charge on any atom is 0.272 e. The smallest absolute Gasteiger partial charge is 0.272 e. The minimum Gasteiger partial charge on any atom is -0.384 e. The maximum atomic E-state index is 12.0. The topological polar surface area (TPSA) is 69.8 Å². The number of nitrogens with zero attached hydrogens (tertiary/aromatic N) is 1. The monoisotopic (exact) mass is 446 g/mol. The van der Waals surface area contributed by atoms with E-state index >= 15 is 0 Å². The first-order valence-electron chi connectivity index (χ1n) is 10.5. The lowest BCUT2D eigenvalue weighted by Gasteiger charge is -2.26. The van der Waals surface area contributed by atoms with Crippen LogP contribution in [0.1, 0.15) is 38.5 Å². The van der Waals surface area contributed by atoms with E-state index in [0.29, 0.717) is 10.4 Å². The van der Waals surface area contributed by atoms with Crippen LogP contribution in [0.15, 0.2) is 47.3 Å². The molecule has 2 aromatic carbocycles. The van der Waals surface area contributed by atoms with E-state index in [-0.39, 0.29) is 18.0 Å². The molecule has 0 amide bonds. The van der Waals surface area contributed by atoms with E-state index in [9.17, 15) is 4.79 Å². The summed E-state index contributed by atoms with van der Waals surface area (Å²) in [5.74, 6) is 0. The summed E-state index contributed by atoms with van der Waals surface area (Å²) < 4.78 is 0. The summed E-state index contributed by atoms with van der Waals surface area (Å²) in [6, 6.07) is 14.1. The van der Waals surface area contributed by atoms with Crippen molar-refractivity contribution < 1.29 is 0 Å². The first kappa shape index (κ1) is 22.6. The third-order valence-corrected chi connectivity index (χ3v) is 5.97. The van der Waals surface area contributed by atoms with Gasteiger partial charge in [-0.2, -0.15) is 5.10 Å². The zero-order valence-corrected chi connectivity index (χ0v) is 18.5. The Kier molecular flexibility index (Phi) is 8.14. The molecule has 1 aliphatic rings. The van der Waals surface area contributed by atoms with Crippen molar-refractivity contribution in [3.8, 4) is 11.3 Å². The van der Waals surface area contributed by atoms with Gasteiger partial charge in [0.25, 0.3) is 5.56 Å². The Bertz CT molecular complexity index is 1030. The van der Waals surface area contributed by atoms with Gasteiger partial charge in [0.05, 0.1) is 21.8 Å². The zero-order chi connectivity index (χ0) is 20.1. The van der Waals surface area contributed by atoms with Gasteiger partial charge in [-0.15, -0.1) is 12.4 Å². The largest absolute Gasteiger partial charge is 0.384 e. The maximum absolute atomic E-state index is 12.0. The van der Waals surface area contributed by atoms with Crippen molar-refractivity contribution in [1.82, 2.24) is 15.5 Å². The first-order valence-corrected chi connectivity index (χ1v) is 10.8. The number of hydrogen-bond donors (Lipinski definition) is 3. The minimum absolute atomic E-state index is 0. The highest BCUT2D eigenvalue weighted by molar-refractivity contribution is 6.33. The van der Waals surface area contributed by atoms with Gasteiger partial charge < -0.3 is 10.6 Å². The van der Waals surface area contributed by atoms with Crippen molar-refractivity contribution in [2.45, 2.75) is 44.6 Å². The van der Waals surface area contributed by atoms with E-state index in [4.69, 9.17) is 11.6 Å².